The maximum Gasteiger partial charge on any atom is 0.316 e. The minimum absolute atomic E-state index is 0.0260. The van der Waals surface area contributed by atoms with Crippen LogP contribution in [0.1, 0.15) is 19.3 Å². The van der Waals surface area contributed by atoms with Crippen molar-refractivity contribution in [3.63, 3.8) is 0 Å². The molecule has 0 heterocycles. The lowest BCUT2D eigenvalue weighted by atomic mass is 10.2. The first-order chi connectivity index (χ1) is 9.20. The topological polar surface area (TPSA) is 102 Å². The lowest BCUT2D eigenvalue weighted by Crippen LogP contribution is -2.11. The van der Waals surface area contributed by atoms with E-state index in [2.05, 4.69) is 10.7 Å². The molecular weight excluding hydrogens is 248 g/mol. The first kappa shape index (κ1) is 15.2. The molecule has 4 N–H and O–H groups in total. The molecule has 1 aromatic carbocycles. The average molecular weight is 268 g/mol. The number of unbranched alkanes of at least 4 members (excludes halogenated alkanes) is 2. The minimum Gasteiger partial charge on any atom is -0.385 e. The van der Waals surface area contributed by atoms with Gasteiger partial charge in [-0.3, -0.25) is 16.0 Å². The highest BCUT2D eigenvalue weighted by atomic mass is 16.6. The summed E-state index contributed by atoms with van der Waals surface area (Å²) in [6, 6.07) is 4.96. The molecule has 0 aliphatic rings. The molecule has 0 aliphatic heterocycles. The smallest absolute Gasteiger partial charge is 0.316 e. The number of hydrazine groups is 1. The van der Waals surface area contributed by atoms with Crippen LogP contribution in [-0.2, 0) is 4.74 Å². The molecule has 0 saturated heterocycles. The van der Waals surface area contributed by atoms with Gasteiger partial charge in [-0.2, -0.15) is 0 Å². The summed E-state index contributed by atoms with van der Waals surface area (Å²) in [5, 5.41) is 14.1. The van der Waals surface area contributed by atoms with Crippen LogP contribution in [-0.4, -0.2) is 25.2 Å². The minimum atomic E-state index is -0.442. The highest BCUT2D eigenvalue weighted by Crippen LogP contribution is 2.31. The van der Waals surface area contributed by atoms with Crippen molar-refractivity contribution in [3.8, 4) is 0 Å². The molecule has 0 unspecified atom stereocenters. The second-order valence-corrected chi connectivity index (χ2v) is 4.08. The molecule has 1 rings (SSSR count). The molecule has 0 amide bonds. The molecular formula is C12H20N4O3. The average Bonchev–Trinajstić information content (AvgIpc) is 2.42. The number of ether oxygens (including phenoxy) is 1. The number of methoxy groups -OCH3 is 1. The maximum absolute atomic E-state index is 11.0. The van der Waals surface area contributed by atoms with Crippen LogP contribution in [0, 0.1) is 10.1 Å². The Bertz CT molecular complexity index is 412. The van der Waals surface area contributed by atoms with Gasteiger partial charge in [0.1, 0.15) is 11.4 Å². The van der Waals surface area contributed by atoms with Crippen LogP contribution in [0.4, 0.5) is 17.1 Å². The SMILES string of the molecule is COCCCCCNc1cccc(NN)c1[N+](=O)[O-]. The summed E-state index contributed by atoms with van der Waals surface area (Å²) >= 11 is 0. The molecule has 0 bridgehead atoms. The second kappa shape index (κ2) is 8.28. The largest absolute Gasteiger partial charge is 0.385 e. The van der Waals surface area contributed by atoms with Crippen molar-refractivity contribution in [2.45, 2.75) is 19.3 Å². The summed E-state index contributed by atoms with van der Waals surface area (Å²) in [5.41, 5.74) is 3.09. The zero-order chi connectivity index (χ0) is 14.1. The summed E-state index contributed by atoms with van der Waals surface area (Å²) < 4.78 is 4.96. The van der Waals surface area contributed by atoms with Gasteiger partial charge in [-0.15, -0.1) is 0 Å². The molecule has 1 aromatic rings. The molecule has 0 radical (unpaired) electrons. The van der Waals surface area contributed by atoms with Gasteiger partial charge in [0.2, 0.25) is 0 Å². The fourth-order valence-electron chi connectivity index (χ4n) is 1.77. The van der Waals surface area contributed by atoms with E-state index in [0.717, 1.165) is 25.9 Å². The number of nitro benzene ring substituents is 1. The highest BCUT2D eigenvalue weighted by Gasteiger charge is 2.18. The summed E-state index contributed by atoms with van der Waals surface area (Å²) in [6.07, 6.45) is 2.94. The van der Waals surface area contributed by atoms with Crippen LogP contribution in [0.25, 0.3) is 0 Å². The Morgan fingerprint density at radius 1 is 1.32 bits per heavy atom. The Morgan fingerprint density at radius 3 is 2.68 bits per heavy atom. The summed E-state index contributed by atoms with van der Waals surface area (Å²) in [4.78, 5) is 10.6. The fraction of sp³-hybridized carbons (Fsp3) is 0.500. The third-order valence-electron chi connectivity index (χ3n) is 2.71. The van der Waals surface area contributed by atoms with E-state index in [1.165, 1.54) is 0 Å². The van der Waals surface area contributed by atoms with Gasteiger partial charge >= 0.3 is 5.69 Å². The van der Waals surface area contributed by atoms with Crippen molar-refractivity contribution >= 4 is 17.1 Å². The quantitative estimate of drug-likeness (QED) is 0.274. The van der Waals surface area contributed by atoms with Crippen LogP contribution in [0.2, 0.25) is 0 Å². The summed E-state index contributed by atoms with van der Waals surface area (Å²) in [6.45, 7) is 1.42. The molecule has 106 valence electrons. The summed E-state index contributed by atoms with van der Waals surface area (Å²) in [5.74, 6) is 5.27. The number of nitro groups is 1. The molecule has 0 spiro atoms. The zero-order valence-corrected chi connectivity index (χ0v) is 11.0. The van der Waals surface area contributed by atoms with Gasteiger partial charge in [0.05, 0.1) is 4.92 Å². The van der Waals surface area contributed by atoms with Gasteiger partial charge in [-0.25, -0.2) is 0 Å². The van der Waals surface area contributed by atoms with E-state index in [-0.39, 0.29) is 5.69 Å². The van der Waals surface area contributed by atoms with E-state index < -0.39 is 4.92 Å². The van der Waals surface area contributed by atoms with Gasteiger partial charge < -0.3 is 15.5 Å². The van der Waals surface area contributed by atoms with Crippen molar-refractivity contribution < 1.29 is 9.66 Å². The van der Waals surface area contributed by atoms with E-state index in [0.29, 0.717) is 17.9 Å². The normalized spacial score (nSPS) is 10.2. The Morgan fingerprint density at radius 2 is 2.05 bits per heavy atom. The molecule has 0 aromatic heterocycles. The van der Waals surface area contributed by atoms with E-state index in [1.807, 2.05) is 0 Å². The van der Waals surface area contributed by atoms with Gasteiger partial charge in [0.15, 0.2) is 0 Å². The Balaban J connectivity index is 2.55. The number of para-hydroxylation sites is 1. The number of hydrogen-bond donors (Lipinski definition) is 3. The Hall–Kier alpha value is -1.86. The van der Waals surface area contributed by atoms with Crippen molar-refractivity contribution in [2.75, 3.05) is 31.0 Å². The van der Waals surface area contributed by atoms with Crippen molar-refractivity contribution in [3.05, 3.63) is 28.3 Å². The first-order valence-corrected chi connectivity index (χ1v) is 6.17. The first-order valence-electron chi connectivity index (χ1n) is 6.17. The van der Waals surface area contributed by atoms with Crippen molar-refractivity contribution in [1.82, 2.24) is 0 Å². The van der Waals surface area contributed by atoms with Crippen LogP contribution < -0.4 is 16.6 Å². The third-order valence-corrected chi connectivity index (χ3v) is 2.71. The van der Waals surface area contributed by atoms with Crippen LogP contribution >= 0.6 is 0 Å². The van der Waals surface area contributed by atoms with Crippen molar-refractivity contribution in [2.24, 2.45) is 5.84 Å². The van der Waals surface area contributed by atoms with Gasteiger partial charge in [-0.1, -0.05) is 6.07 Å². The number of rotatable bonds is 9. The number of benzene rings is 1. The number of hydrogen-bond acceptors (Lipinski definition) is 6. The van der Waals surface area contributed by atoms with Gasteiger partial charge in [0, 0.05) is 20.3 Å². The Kier molecular flexibility index (Phi) is 6.62. The van der Waals surface area contributed by atoms with E-state index >= 15 is 0 Å². The molecule has 7 nitrogen and oxygen atoms in total. The van der Waals surface area contributed by atoms with Crippen LogP contribution in [0.3, 0.4) is 0 Å². The predicted octanol–water partition coefficient (Wildman–Crippen LogP) is 2.11. The van der Waals surface area contributed by atoms with Gasteiger partial charge in [-0.05, 0) is 31.4 Å². The van der Waals surface area contributed by atoms with E-state index in [1.54, 1.807) is 25.3 Å². The van der Waals surface area contributed by atoms with Crippen LogP contribution in [0.15, 0.2) is 18.2 Å². The van der Waals surface area contributed by atoms with Crippen LogP contribution in [0.5, 0.6) is 0 Å². The standard InChI is InChI=1S/C12H20N4O3/c1-19-9-4-2-3-8-14-10-6-5-7-11(15-13)12(10)16(17)18/h5-7,14-15H,2-4,8-9,13H2,1H3. The molecule has 0 fully saturated rings. The lowest BCUT2D eigenvalue weighted by Gasteiger charge is -2.09. The highest BCUT2D eigenvalue weighted by molar-refractivity contribution is 5.75. The number of nitrogen functional groups attached to an aromatic ring is 1. The fourth-order valence-corrected chi connectivity index (χ4v) is 1.77. The molecule has 0 atom stereocenters. The monoisotopic (exact) mass is 268 g/mol. The van der Waals surface area contributed by atoms with E-state index in [4.69, 9.17) is 10.6 Å². The van der Waals surface area contributed by atoms with E-state index in [9.17, 15) is 10.1 Å². The van der Waals surface area contributed by atoms with Gasteiger partial charge in [0.25, 0.3) is 0 Å². The number of nitrogens with one attached hydrogen (secondary N) is 2. The molecule has 0 aliphatic carbocycles. The lowest BCUT2D eigenvalue weighted by molar-refractivity contribution is -0.383. The molecule has 0 saturated carbocycles. The maximum atomic E-state index is 11.0. The molecule has 19 heavy (non-hydrogen) atoms. The Labute approximate surface area is 112 Å². The third kappa shape index (κ3) is 4.72. The summed E-state index contributed by atoms with van der Waals surface area (Å²) in [7, 11) is 1.67. The number of nitrogens with two attached hydrogens (primary N) is 1. The zero-order valence-electron chi connectivity index (χ0n) is 11.0. The van der Waals surface area contributed by atoms with Crippen molar-refractivity contribution in [1.29, 1.82) is 0 Å². The molecule has 7 heteroatoms. The predicted molar refractivity (Wildman–Crippen MR) is 75.1 cm³/mol. The number of anilines is 2. The number of nitrogens with zero attached hydrogens (tertiary/aromatic N) is 1. The second-order valence-electron chi connectivity index (χ2n) is 4.08.